The zero-order valence-corrected chi connectivity index (χ0v) is 14.2. The van der Waals surface area contributed by atoms with Crippen LogP contribution in [0.1, 0.15) is 36.2 Å². The molecule has 1 aromatic heterocycles. The summed E-state index contributed by atoms with van der Waals surface area (Å²) in [6.07, 6.45) is 4.59. The fourth-order valence-corrected chi connectivity index (χ4v) is 4.09. The van der Waals surface area contributed by atoms with Crippen LogP contribution in [0.4, 0.5) is 0 Å². The predicted octanol–water partition coefficient (Wildman–Crippen LogP) is 2.83. The molecule has 0 bridgehead atoms. The Morgan fingerprint density at radius 1 is 1.25 bits per heavy atom. The van der Waals surface area contributed by atoms with Gasteiger partial charge >= 0.3 is 0 Å². The zero-order chi connectivity index (χ0) is 16.9. The van der Waals surface area contributed by atoms with E-state index in [0.717, 1.165) is 17.0 Å². The number of hydrogen-bond donors (Lipinski definition) is 1. The lowest BCUT2D eigenvalue weighted by Crippen LogP contribution is -2.32. The number of carbonyl (C=O) groups excluding carboxylic acids is 1. The number of pyridine rings is 1. The average Bonchev–Trinajstić information content (AvgIpc) is 3.16. The number of nitrogens with zero attached hydrogens (tertiary/aromatic N) is 2. The first kappa shape index (κ1) is 15.3. The Balaban J connectivity index is 1.58. The van der Waals surface area contributed by atoms with Gasteiger partial charge in [0.05, 0.1) is 5.56 Å². The Morgan fingerprint density at radius 3 is 2.62 bits per heavy atom. The van der Waals surface area contributed by atoms with Gasteiger partial charge in [-0.3, -0.25) is 14.7 Å². The molecule has 2 aromatic rings. The largest absolute Gasteiger partial charge is 0.366 e. The lowest BCUT2D eigenvalue weighted by Gasteiger charge is -2.24. The summed E-state index contributed by atoms with van der Waals surface area (Å²) in [4.78, 5) is 18.0. The van der Waals surface area contributed by atoms with Gasteiger partial charge in [0.1, 0.15) is 0 Å². The molecule has 2 atom stereocenters. The first-order chi connectivity index (χ1) is 11.5. The molecule has 4 rings (SSSR count). The highest BCUT2D eigenvalue weighted by atomic mass is 16.1. The lowest BCUT2D eigenvalue weighted by molar-refractivity contribution is 0.1000. The van der Waals surface area contributed by atoms with Crippen LogP contribution in [0, 0.1) is 5.92 Å². The van der Waals surface area contributed by atoms with E-state index < -0.39 is 5.91 Å². The summed E-state index contributed by atoms with van der Waals surface area (Å²) in [5, 5.41) is 0. The summed E-state index contributed by atoms with van der Waals surface area (Å²) >= 11 is 0. The van der Waals surface area contributed by atoms with Gasteiger partial charge in [-0.15, -0.1) is 0 Å². The number of aromatic nitrogens is 1. The minimum absolute atomic E-state index is 0.371. The van der Waals surface area contributed by atoms with Gasteiger partial charge in [-0.1, -0.05) is 24.3 Å². The molecule has 124 valence electrons. The standard InChI is InChI=1S/C20H23N3O/c1-13(2)23-11-18-8-20(18,12-23)17-5-3-14(4-6-17)15-7-16(19(21)24)10-22-9-15/h3-7,9-10,13,18H,8,11-12H2,1-2H3,(H2,21,24)/t18-,20+/m0/s1. The van der Waals surface area contributed by atoms with E-state index in [1.807, 2.05) is 0 Å². The van der Waals surface area contributed by atoms with Crippen molar-refractivity contribution in [1.82, 2.24) is 9.88 Å². The van der Waals surface area contributed by atoms with Gasteiger partial charge in [-0.05, 0) is 43.4 Å². The number of piperidine rings is 1. The fourth-order valence-electron chi connectivity index (χ4n) is 4.09. The van der Waals surface area contributed by atoms with E-state index in [4.69, 9.17) is 5.73 Å². The molecule has 1 aliphatic heterocycles. The molecule has 1 amide bonds. The molecule has 24 heavy (non-hydrogen) atoms. The molecule has 0 radical (unpaired) electrons. The van der Waals surface area contributed by atoms with Gasteiger partial charge in [0.2, 0.25) is 5.91 Å². The third kappa shape index (κ3) is 2.42. The molecule has 0 unspecified atom stereocenters. The number of fused-ring (bicyclic) bond motifs is 1. The smallest absolute Gasteiger partial charge is 0.250 e. The number of rotatable bonds is 4. The van der Waals surface area contributed by atoms with Crippen molar-refractivity contribution in [1.29, 1.82) is 0 Å². The van der Waals surface area contributed by atoms with Gasteiger partial charge < -0.3 is 5.73 Å². The van der Waals surface area contributed by atoms with Crippen LogP contribution in [0.15, 0.2) is 42.7 Å². The first-order valence-electron chi connectivity index (χ1n) is 8.59. The van der Waals surface area contributed by atoms with E-state index in [1.54, 1.807) is 12.3 Å². The topological polar surface area (TPSA) is 59.2 Å². The van der Waals surface area contributed by atoms with Crippen molar-refractivity contribution in [3.8, 4) is 11.1 Å². The Hall–Kier alpha value is -2.20. The second kappa shape index (κ2) is 5.42. The van der Waals surface area contributed by atoms with Gasteiger partial charge in [-0.25, -0.2) is 0 Å². The second-order valence-electron chi connectivity index (χ2n) is 7.48. The molecule has 2 N–H and O–H groups in total. The quantitative estimate of drug-likeness (QED) is 0.942. The van der Waals surface area contributed by atoms with Gasteiger partial charge in [0, 0.05) is 42.5 Å². The van der Waals surface area contributed by atoms with Crippen LogP contribution in [0.25, 0.3) is 11.1 Å². The van der Waals surface area contributed by atoms with Crippen LogP contribution >= 0.6 is 0 Å². The van der Waals surface area contributed by atoms with Gasteiger partial charge in [0.25, 0.3) is 0 Å². The summed E-state index contributed by atoms with van der Waals surface area (Å²) in [5.41, 5.74) is 9.60. The van der Waals surface area contributed by atoms with Crippen LogP contribution in [-0.4, -0.2) is 34.9 Å². The van der Waals surface area contributed by atoms with Crippen LogP contribution in [0.5, 0.6) is 0 Å². The molecule has 1 saturated heterocycles. The van der Waals surface area contributed by atoms with Crippen LogP contribution in [-0.2, 0) is 5.41 Å². The van der Waals surface area contributed by atoms with E-state index in [2.05, 4.69) is 48.0 Å². The second-order valence-corrected chi connectivity index (χ2v) is 7.48. The van der Waals surface area contributed by atoms with Crippen molar-refractivity contribution in [2.45, 2.75) is 31.7 Å². The SMILES string of the molecule is CC(C)N1C[C@@H]2C[C@]2(c2ccc(-c3cncc(C(N)=O)c3)cc2)C1. The average molecular weight is 321 g/mol. The van der Waals surface area contributed by atoms with Crippen molar-refractivity contribution >= 4 is 5.91 Å². The lowest BCUT2D eigenvalue weighted by atomic mass is 9.93. The van der Waals surface area contributed by atoms with E-state index in [9.17, 15) is 4.79 Å². The molecule has 2 heterocycles. The van der Waals surface area contributed by atoms with Crippen LogP contribution in [0.2, 0.25) is 0 Å². The maximum atomic E-state index is 11.3. The Morgan fingerprint density at radius 2 is 2.00 bits per heavy atom. The third-order valence-electron chi connectivity index (χ3n) is 5.72. The molecule has 1 aliphatic carbocycles. The van der Waals surface area contributed by atoms with E-state index in [-0.39, 0.29) is 0 Å². The molecule has 1 saturated carbocycles. The third-order valence-corrected chi connectivity index (χ3v) is 5.72. The number of likely N-dealkylation sites (tertiary alicyclic amines) is 1. The molecular weight excluding hydrogens is 298 g/mol. The fraction of sp³-hybridized carbons (Fsp3) is 0.400. The summed E-state index contributed by atoms with van der Waals surface area (Å²) in [7, 11) is 0. The highest BCUT2D eigenvalue weighted by Gasteiger charge is 2.60. The van der Waals surface area contributed by atoms with E-state index in [1.165, 1.54) is 31.3 Å². The van der Waals surface area contributed by atoms with Crippen LogP contribution < -0.4 is 5.73 Å². The zero-order valence-electron chi connectivity index (χ0n) is 14.2. The summed E-state index contributed by atoms with van der Waals surface area (Å²) in [5.74, 6) is 0.367. The molecule has 2 fully saturated rings. The molecule has 4 nitrogen and oxygen atoms in total. The maximum absolute atomic E-state index is 11.3. The normalized spacial score (nSPS) is 25.7. The Kier molecular flexibility index (Phi) is 3.46. The predicted molar refractivity (Wildman–Crippen MR) is 94.7 cm³/mol. The molecule has 0 spiro atoms. The number of hydrogen-bond acceptors (Lipinski definition) is 3. The van der Waals surface area contributed by atoms with E-state index in [0.29, 0.717) is 17.0 Å². The first-order valence-corrected chi connectivity index (χ1v) is 8.59. The molecule has 4 heteroatoms. The number of benzene rings is 1. The monoisotopic (exact) mass is 321 g/mol. The number of primary amides is 1. The summed E-state index contributed by atoms with van der Waals surface area (Å²) in [6, 6.07) is 11.2. The number of nitrogens with two attached hydrogens (primary N) is 1. The highest BCUT2D eigenvalue weighted by Crippen LogP contribution is 2.59. The van der Waals surface area contributed by atoms with Gasteiger partial charge in [-0.2, -0.15) is 0 Å². The van der Waals surface area contributed by atoms with Crippen LogP contribution in [0.3, 0.4) is 0 Å². The molecule has 2 aliphatic rings. The Bertz CT molecular complexity index is 784. The number of carbonyl (C=O) groups is 1. The molecule has 1 aromatic carbocycles. The van der Waals surface area contributed by atoms with Crippen molar-refractivity contribution in [3.05, 3.63) is 53.9 Å². The van der Waals surface area contributed by atoms with Crippen molar-refractivity contribution < 1.29 is 4.79 Å². The Labute approximate surface area is 142 Å². The summed E-state index contributed by atoms with van der Waals surface area (Å²) in [6.45, 7) is 6.96. The van der Waals surface area contributed by atoms with Gasteiger partial charge in [0.15, 0.2) is 0 Å². The van der Waals surface area contributed by atoms with Crippen molar-refractivity contribution in [3.63, 3.8) is 0 Å². The number of amides is 1. The maximum Gasteiger partial charge on any atom is 0.250 e. The van der Waals surface area contributed by atoms with Crippen molar-refractivity contribution in [2.75, 3.05) is 13.1 Å². The highest BCUT2D eigenvalue weighted by molar-refractivity contribution is 5.93. The molecular formula is C20H23N3O. The summed E-state index contributed by atoms with van der Waals surface area (Å²) < 4.78 is 0. The van der Waals surface area contributed by atoms with Crippen molar-refractivity contribution in [2.24, 2.45) is 11.7 Å². The van der Waals surface area contributed by atoms with E-state index >= 15 is 0 Å². The minimum Gasteiger partial charge on any atom is -0.366 e. The minimum atomic E-state index is -0.444.